The van der Waals surface area contributed by atoms with Crippen molar-refractivity contribution >= 4 is 23.3 Å². The molecule has 9 heteroatoms. The van der Waals surface area contributed by atoms with Gasteiger partial charge in [-0.1, -0.05) is 6.92 Å². The third-order valence-electron chi connectivity index (χ3n) is 3.54. The van der Waals surface area contributed by atoms with Gasteiger partial charge in [0.2, 0.25) is 5.95 Å². The topological polar surface area (TPSA) is 110 Å². The summed E-state index contributed by atoms with van der Waals surface area (Å²) in [5.41, 5.74) is 3.43. The number of anilines is 1. The van der Waals surface area contributed by atoms with E-state index in [0.717, 1.165) is 12.0 Å². The highest BCUT2D eigenvalue weighted by molar-refractivity contribution is 5.80. The van der Waals surface area contributed by atoms with E-state index in [2.05, 4.69) is 25.5 Å². The van der Waals surface area contributed by atoms with Crippen molar-refractivity contribution in [2.45, 2.75) is 19.9 Å². The fourth-order valence-corrected chi connectivity index (χ4v) is 2.38. The maximum atomic E-state index is 12.2. The van der Waals surface area contributed by atoms with E-state index in [1.54, 1.807) is 30.2 Å². The minimum Gasteiger partial charge on any atom is -0.303 e. The van der Waals surface area contributed by atoms with E-state index in [0.29, 0.717) is 23.7 Å². The number of pyridine rings is 1. The molecule has 0 aliphatic rings. The average molecular weight is 327 g/mol. The van der Waals surface area contributed by atoms with Gasteiger partial charge in [-0.25, -0.2) is 10.2 Å². The van der Waals surface area contributed by atoms with E-state index in [1.807, 2.05) is 19.1 Å². The van der Waals surface area contributed by atoms with Gasteiger partial charge in [-0.05, 0) is 24.1 Å². The highest BCUT2D eigenvalue weighted by Gasteiger charge is 2.16. The molecule has 0 saturated heterocycles. The van der Waals surface area contributed by atoms with Crippen molar-refractivity contribution in [3.8, 4) is 0 Å². The molecule has 0 unspecified atom stereocenters. The standard InChI is InChI=1S/C15H17N7O2/c1-3-8-22-11-12(21(2)15(24)19-13(11)23)18-14(22)20-17-9-10-4-6-16-7-5-10/h4-7,9H,3,8H2,1-2H3,(H,18,20)(H,19,23,24)/b17-9+. The maximum absolute atomic E-state index is 12.2. The Morgan fingerprint density at radius 1 is 1.33 bits per heavy atom. The van der Waals surface area contributed by atoms with Crippen LogP contribution in [0, 0.1) is 0 Å². The summed E-state index contributed by atoms with van der Waals surface area (Å²) in [5.74, 6) is 0.406. The minimum absolute atomic E-state index is 0.318. The Morgan fingerprint density at radius 2 is 2.08 bits per heavy atom. The zero-order valence-electron chi connectivity index (χ0n) is 13.4. The first-order valence-corrected chi connectivity index (χ1v) is 7.50. The number of imidazole rings is 1. The van der Waals surface area contributed by atoms with Gasteiger partial charge in [-0.15, -0.1) is 0 Å². The average Bonchev–Trinajstić information content (AvgIpc) is 2.93. The van der Waals surface area contributed by atoms with Crippen LogP contribution >= 0.6 is 0 Å². The molecule has 0 atom stereocenters. The fourth-order valence-electron chi connectivity index (χ4n) is 2.38. The number of fused-ring (bicyclic) bond motifs is 1. The van der Waals surface area contributed by atoms with E-state index >= 15 is 0 Å². The lowest BCUT2D eigenvalue weighted by Gasteiger charge is -2.05. The number of rotatable bonds is 5. The first-order valence-electron chi connectivity index (χ1n) is 7.50. The predicted molar refractivity (Wildman–Crippen MR) is 91.3 cm³/mol. The van der Waals surface area contributed by atoms with Crippen LogP contribution in [0.15, 0.2) is 39.2 Å². The van der Waals surface area contributed by atoms with Gasteiger partial charge in [0.25, 0.3) is 5.56 Å². The lowest BCUT2D eigenvalue weighted by Crippen LogP contribution is -2.29. The molecule has 0 spiro atoms. The third-order valence-corrected chi connectivity index (χ3v) is 3.54. The Bertz CT molecular complexity index is 998. The number of aryl methyl sites for hydroxylation is 2. The molecule has 3 rings (SSSR count). The van der Waals surface area contributed by atoms with Crippen LogP contribution in [0.25, 0.3) is 11.2 Å². The number of nitrogens with one attached hydrogen (secondary N) is 2. The molecule has 2 N–H and O–H groups in total. The third kappa shape index (κ3) is 2.83. The quantitative estimate of drug-likeness (QED) is 0.529. The summed E-state index contributed by atoms with van der Waals surface area (Å²) in [5, 5.41) is 4.15. The highest BCUT2D eigenvalue weighted by atomic mass is 16.2. The van der Waals surface area contributed by atoms with Gasteiger partial charge in [0.15, 0.2) is 11.2 Å². The Morgan fingerprint density at radius 3 is 2.79 bits per heavy atom. The second kappa shape index (κ2) is 6.49. The number of aromatic amines is 1. The van der Waals surface area contributed by atoms with Gasteiger partial charge >= 0.3 is 5.69 Å². The number of H-pyrrole nitrogens is 1. The molecular formula is C15H17N7O2. The van der Waals surface area contributed by atoms with Crippen molar-refractivity contribution in [2.75, 3.05) is 5.43 Å². The highest BCUT2D eigenvalue weighted by Crippen LogP contribution is 2.15. The van der Waals surface area contributed by atoms with Crippen molar-refractivity contribution in [2.24, 2.45) is 12.1 Å². The molecule has 3 aromatic rings. The smallest absolute Gasteiger partial charge is 0.303 e. The van der Waals surface area contributed by atoms with Crippen LogP contribution in [0.2, 0.25) is 0 Å². The zero-order chi connectivity index (χ0) is 17.1. The van der Waals surface area contributed by atoms with Crippen molar-refractivity contribution in [3.63, 3.8) is 0 Å². The lowest BCUT2D eigenvalue weighted by molar-refractivity contribution is 0.698. The van der Waals surface area contributed by atoms with Crippen LogP contribution in [0.5, 0.6) is 0 Å². The summed E-state index contributed by atoms with van der Waals surface area (Å²) < 4.78 is 3.03. The van der Waals surface area contributed by atoms with Crippen LogP contribution in [0.3, 0.4) is 0 Å². The van der Waals surface area contributed by atoms with Crippen molar-refractivity contribution in [1.82, 2.24) is 24.1 Å². The normalized spacial score (nSPS) is 11.4. The summed E-state index contributed by atoms with van der Waals surface area (Å²) in [6.45, 7) is 2.57. The van der Waals surface area contributed by atoms with Crippen molar-refractivity contribution in [1.29, 1.82) is 0 Å². The molecule has 3 aromatic heterocycles. The molecule has 3 heterocycles. The predicted octanol–water partition coefficient (Wildman–Crippen LogP) is 0.674. The largest absolute Gasteiger partial charge is 0.329 e. The van der Waals surface area contributed by atoms with Crippen LogP contribution in [-0.2, 0) is 13.6 Å². The molecule has 0 aliphatic heterocycles. The van der Waals surface area contributed by atoms with Crippen LogP contribution in [-0.4, -0.2) is 30.3 Å². The van der Waals surface area contributed by atoms with Crippen molar-refractivity contribution in [3.05, 3.63) is 50.9 Å². The number of aromatic nitrogens is 5. The molecule has 0 fully saturated rings. The van der Waals surface area contributed by atoms with Gasteiger partial charge in [-0.3, -0.25) is 19.3 Å². The Hall–Kier alpha value is -3.23. The number of hydrogen-bond donors (Lipinski definition) is 2. The van der Waals surface area contributed by atoms with E-state index in [9.17, 15) is 9.59 Å². The lowest BCUT2D eigenvalue weighted by atomic mass is 10.3. The minimum atomic E-state index is -0.500. The summed E-state index contributed by atoms with van der Waals surface area (Å²) >= 11 is 0. The van der Waals surface area contributed by atoms with Gasteiger partial charge in [0, 0.05) is 26.0 Å². The Kier molecular flexibility index (Phi) is 4.23. The molecule has 0 aliphatic carbocycles. The zero-order valence-corrected chi connectivity index (χ0v) is 13.4. The van der Waals surface area contributed by atoms with Gasteiger partial charge in [0.05, 0.1) is 6.21 Å². The molecular weight excluding hydrogens is 310 g/mol. The van der Waals surface area contributed by atoms with Gasteiger partial charge in [-0.2, -0.15) is 10.1 Å². The van der Waals surface area contributed by atoms with E-state index in [-0.39, 0.29) is 0 Å². The van der Waals surface area contributed by atoms with Gasteiger partial charge in [0.1, 0.15) is 0 Å². The van der Waals surface area contributed by atoms with Crippen LogP contribution in [0.1, 0.15) is 18.9 Å². The van der Waals surface area contributed by atoms with E-state index < -0.39 is 11.2 Å². The molecule has 0 saturated carbocycles. The molecule has 9 nitrogen and oxygen atoms in total. The molecule has 0 aromatic carbocycles. The summed E-state index contributed by atoms with van der Waals surface area (Å²) in [6, 6.07) is 3.63. The fraction of sp³-hybridized carbons (Fsp3) is 0.267. The molecule has 0 radical (unpaired) electrons. The first kappa shape index (κ1) is 15.7. The second-order valence-electron chi connectivity index (χ2n) is 5.23. The molecule has 24 heavy (non-hydrogen) atoms. The Balaban J connectivity index is 2.04. The first-order chi connectivity index (χ1) is 11.6. The second-order valence-corrected chi connectivity index (χ2v) is 5.23. The monoisotopic (exact) mass is 327 g/mol. The van der Waals surface area contributed by atoms with Crippen LogP contribution < -0.4 is 16.7 Å². The summed E-state index contributed by atoms with van der Waals surface area (Å²) in [4.78, 5) is 34.5. The SMILES string of the molecule is CCCn1c(N/N=C/c2ccncc2)nc2c1c(=O)[nH]c(=O)n2C. The van der Waals surface area contributed by atoms with E-state index in [1.165, 1.54) is 4.57 Å². The maximum Gasteiger partial charge on any atom is 0.329 e. The Labute approximate surface area is 136 Å². The molecule has 0 bridgehead atoms. The molecule has 124 valence electrons. The number of hydrogen-bond acceptors (Lipinski definition) is 6. The summed E-state index contributed by atoms with van der Waals surface area (Å²) in [6.07, 6.45) is 5.77. The summed E-state index contributed by atoms with van der Waals surface area (Å²) in [7, 11) is 1.56. The molecule has 0 amide bonds. The van der Waals surface area contributed by atoms with Gasteiger partial charge < -0.3 is 4.57 Å². The van der Waals surface area contributed by atoms with Crippen molar-refractivity contribution < 1.29 is 0 Å². The van der Waals surface area contributed by atoms with Crippen LogP contribution in [0.4, 0.5) is 5.95 Å². The number of nitrogens with zero attached hydrogens (tertiary/aromatic N) is 5. The number of hydrazone groups is 1. The van der Waals surface area contributed by atoms with E-state index in [4.69, 9.17) is 0 Å².